The molecule has 0 saturated heterocycles. The van der Waals surface area contributed by atoms with Crippen molar-refractivity contribution in [2.24, 2.45) is 0 Å². The van der Waals surface area contributed by atoms with Gasteiger partial charge in [-0.05, 0) is 50.2 Å². The van der Waals surface area contributed by atoms with Crippen LogP contribution in [0.1, 0.15) is 24.2 Å². The van der Waals surface area contributed by atoms with E-state index >= 15 is 0 Å². The summed E-state index contributed by atoms with van der Waals surface area (Å²) in [6, 6.07) is 14.4. The summed E-state index contributed by atoms with van der Waals surface area (Å²) < 4.78 is 0. The zero-order valence-electron chi connectivity index (χ0n) is 16.0. The van der Waals surface area contributed by atoms with E-state index in [0.29, 0.717) is 30.1 Å². The summed E-state index contributed by atoms with van der Waals surface area (Å²) in [5, 5.41) is 2.80. The van der Waals surface area contributed by atoms with E-state index in [1.807, 2.05) is 38.1 Å². The molecule has 0 saturated carbocycles. The highest BCUT2D eigenvalue weighted by atomic mass is 32.2. The Hall–Kier alpha value is -2.80. The third kappa shape index (κ3) is 4.36. The Morgan fingerprint density at radius 1 is 1.07 bits per heavy atom. The molecule has 1 aliphatic rings. The van der Waals surface area contributed by atoms with Crippen LogP contribution in [0.3, 0.4) is 0 Å². The van der Waals surface area contributed by atoms with Crippen LogP contribution in [0.2, 0.25) is 0 Å². The van der Waals surface area contributed by atoms with Crippen molar-refractivity contribution in [2.45, 2.75) is 18.7 Å². The number of fused-ring (bicyclic) bond motifs is 1. The Morgan fingerprint density at radius 2 is 1.75 bits per heavy atom. The number of benzene rings is 2. The van der Waals surface area contributed by atoms with Crippen LogP contribution in [-0.2, 0) is 9.59 Å². The second kappa shape index (κ2) is 8.93. The van der Waals surface area contributed by atoms with Crippen LogP contribution in [0.25, 0.3) is 0 Å². The standard InChI is InChI=1S/C21H23N3O3S/c1-3-23(4-2)21(27)15-9-11-16(12-10-15)22-19(25)13-24-17-7-5-6-8-18(17)28-14-20(24)26/h5-12H,3-4,13-14H2,1-2H3,(H,22,25). The van der Waals surface area contributed by atoms with Gasteiger partial charge < -0.3 is 15.1 Å². The highest BCUT2D eigenvalue weighted by Crippen LogP contribution is 2.34. The van der Waals surface area contributed by atoms with Gasteiger partial charge in [0, 0.05) is 29.2 Å². The molecule has 3 rings (SSSR count). The summed E-state index contributed by atoms with van der Waals surface area (Å²) in [6.45, 7) is 5.13. The zero-order valence-corrected chi connectivity index (χ0v) is 16.8. The van der Waals surface area contributed by atoms with E-state index in [0.717, 1.165) is 10.6 Å². The Bertz CT molecular complexity index is 879. The Kier molecular flexibility index (Phi) is 6.36. The molecule has 3 amide bonds. The molecule has 0 radical (unpaired) electrons. The van der Waals surface area contributed by atoms with E-state index in [1.165, 1.54) is 16.7 Å². The van der Waals surface area contributed by atoms with E-state index in [1.54, 1.807) is 29.2 Å². The minimum absolute atomic E-state index is 0.0316. The largest absolute Gasteiger partial charge is 0.339 e. The number of amides is 3. The molecule has 1 aliphatic heterocycles. The lowest BCUT2D eigenvalue weighted by atomic mass is 10.1. The number of hydrogen-bond donors (Lipinski definition) is 1. The molecule has 0 fully saturated rings. The predicted octanol–water partition coefficient (Wildman–Crippen LogP) is 3.25. The van der Waals surface area contributed by atoms with E-state index in [9.17, 15) is 14.4 Å². The molecular weight excluding hydrogens is 374 g/mol. The van der Waals surface area contributed by atoms with Crippen LogP contribution < -0.4 is 10.2 Å². The molecule has 0 aromatic heterocycles. The van der Waals surface area contributed by atoms with Gasteiger partial charge in [0.2, 0.25) is 11.8 Å². The van der Waals surface area contributed by atoms with Gasteiger partial charge in [0.15, 0.2) is 0 Å². The van der Waals surface area contributed by atoms with Crippen molar-refractivity contribution >= 4 is 40.9 Å². The molecule has 146 valence electrons. The number of nitrogens with one attached hydrogen (secondary N) is 1. The summed E-state index contributed by atoms with van der Waals surface area (Å²) in [5.41, 5.74) is 1.94. The minimum atomic E-state index is -0.280. The van der Waals surface area contributed by atoms with Crippen LogP contribution in [0.15, 0.2) is 53.4 Å². The SMILES string of the molecule is CCN(CC)C(=O)c1ccc(NC(=O)CN2C(=O)CSc3ccccc32)cc1. The third-order valence-electron chi connectivity index (χ3n) is 4.58. The molecule has 1 heterocycles. The van der Waals surface area contributed by atoms with E-state index in [-0.39, 0.29) is 24.3 Å². The summed E-state index contributed by atoms with van der Waals surface area (Å²) in [7, 11) is 0. The van der Waals surface area contributed by atoms with Crippen molar-refractivity contribution in [2.75, 3.05) is 35.6 Å². The Morgan fingerprint density at radius 3 is 2.43 bits per heavy atom. The van der Waals surface area contributed by atoms with Gasteiger partial charge in [0.05, 0.1) is 11.4 Å². The number of anilines is 2. The fraction of sp³-hybridized carbons (Fsp3) is 0.286. The molecule has 0 atom stereocenters. The quantitative estimate of drug-likeness (QED) is 0.812. The fourth-order valence-electron chi connectivity index (χ4n) is 3.06. The van der Waals surface area contributed by atoms with Crippen molar-refractivity contribution in [3.05, 3.63) is 54.1 Å². The van der Waals surface area contributed by atoms with Gasteiger partial charge in [-0.3, -0.25) is 14.4 Å². The van der Waals surface area contributed by atoms with Crippen LogP contribution in [0.4, 0.5) is 11.4 Å². The normalized spacial score (nSPS) is 13.1. The average Bonchev–Trinajstić information content (AvgIpc) is 2.71. The van der Waals surface area contributed by atoms with E-state index in [4.69, 9.17) is 0 Å². The zero-order chi connectivity index (χ0) is 20.1. The summed E-state index contributed by atoms with van der Waals surface area (Å²) in [4.78, 5) is 41.3. The second-order valence-corrected chi connectivity index (χ2v) is 7.36. The lowest BCUT2D eigenvalue weighted by Gasteiger charge is -2.28. The van der Waals surface area contributed by atoms with Crippen molar-refractivity contribution in [1.82, 2.24) is 4.90 Å². The minimum Gasteiger partial charge on any atom is -0.339 e. The molecular formula is C21H23N3O3S. The average molecular weight is 398 g/mol. The number of hydrogen-bond acceptors (Lipinski definition) is 4. The highest BCUT2D eigenvalue weighted by Gasteiger charge is 2.26. The maximum absolute atomic E-state index is 12.5. The number of thioether (sulfide) groups is 1. The number of rotatable bonds is 6. The second-order valence-electron chi connectivity index (χ2n) is 6.34. The molecule has 1 N–H and O–H groups in total. The van der Waals surface area contributed by atoms with Crippen LogP contribution in [0.5, 0.6) is 0 Å². The number of nitrogens with zero attached hydrogens (tertiary/aromatic N) is 2. The molecule has 2 aromatic rings. The van der Waals surface area contributed by atoms with Gasteiger partial charge in [-0.2, -0.15) is 0 Å². The van der Waals surface area contributed by atoms with Gasteiger partial charge in [-0.1, -0.05) is 12.1 Å². The molecule has 0 spiro atoms. The van der Waals surface area contributed by atoms with Crippen LogP contribution >= 0.6 is 11.8 Å². The molecule has 2 aromatic carbocycles. The van der Waals surface area contributed by atoms with Gasteiger partial charge in [0.1, 0.15) is 6.54 Å². The first kappa shape index (κ1) is 19.9. The highest BCUT2D eigenvalue weighted by molar-refractivity contribution is 8.00. The monoisotopic (exact) mass is 397 g/mol. The molecule has 0 unspecified atom stereocenters. The summed E-state index contributed by atoms with van der Waals surface area (Å²) in [5.74, 6) is -0.0697. The maximum atomic E-state index is 12.5. The first-order chi connectivity index (χ1) is 13.5. The lowest BCUT2D eigenvalue weighted by molar-refractivity contribution is -0.120. The molecule has 0 bridgehead atoms. The van der Waals surface area contributed by atoms with Crippen LogP contribution in [0, 0.1) is 0 Å². The van der Waals surface area contributed by atoms with Crippen LogP contribution in [-0.4, -0.2) is 48.0 Å². The van der Waals surface area contributed by atoms with E-state index in [2.05, 4.69) is 5.32 Å². The van der Waals surface area contributed by atoms with Crippen molar-refractivity contribution in [1.29, 1.82) is 0 Å². The van der Waals surface area contributed by atoms with Crippen molar-refractivity contribution in [3.63, 3.8) is 0 Å². The number of carbonyl (C=O) groups is 3. The van der Waals surface area contributed by atoms with Gasteiger partial charge in [0.25, 0.3) is 5.91 Å². The first-order valence-electron chi connectivity index (χ1n) is 9.24. The Balaban J connectivity index is 1.66. The summed E-state index contributed by atoms with van der Waals surface area (Å²) in [6.07, 6.45) is 0. The first-order valence-corrected chi connectivity index (χ1v) is 10.2. The lowest BCUT2D eigenvalue weighted by Crippen LogP contribution is -2.41. The van der Waals surface area contributed by atoms with Gasteiger partial charge >= 0.3 is 0 Å². The van der Waals surface area contributed by atoms with E-state index < -0.39 is 0 Å². The molecule has 0 aliphatic carbocycles. The fourth-order valence-corrected chi connectivity index (χ4v) is 4.00. The smallest absolute Gasteiger partial charge is 0.253 e. The third-order valence-corrected chi connectivity index (χ3v) is 5.62. The van der Waals surface area contributed by atoms with Crippen molar-refractivity contribution in [3.8, 4) is 0 Å². The number of carbonyl (C=O) groups excluding carboxylic acids is 3. The molecule has 28 heavy (non-hydrogen) atoms. The molecule has 7 heteroatoms. The Labute approximate surface area is 168 Å². The summed E-state index contributed by atoms with van der Waals surface area (Å²) >= 11 is 1.48. The topological polar surface area (TPSA) is 69.7 Å². The van der Waals surface area contributed by atoms with Gasteiger partial charge in [-0.25, -0.2) is 0 Å². The molecule has 6 nitrogen and oxygen atoms in total. The van der Waals surface area contributed by atoms with Gasteiger partial charge in [-0.15, -0.1) is 11.8 Å². The number of para-hydroxylation sites is 1. The predicted molar refractivity (Wildman–Crippen MR) is 112 cm³/mol. The van der Waals surface area contributed by atoms with Crippen molar-refractivity contribution < 1.29 is 14.4 Å². The maximum Gasteiger partial charge on any atom is 0.253 e.